The van der Waals surface area contributed by atoms with Crippen molar-refractivity contribution >= 4 is 27.7 Å². The second-order valence-electron chi connectivity index (χ2n) is 8.54. The van der Waals surface area contributed by atoms with Crippen LogP contribution in [-0.2, 0) is 14.8 Å². The molecule has 0 bridgehead atoms. The molecule has 1 fully saturated rings. The lowest BCUT2D eigenvalue weighted by atomic mass is 9.96. The summed E-state index contributed by atoms with van der Waals surface area (Å²) in [6, 6.07) is 6.58. The Hall–Kier alpha value is -2.29. The van der Waals surface area contributed by atoms with Crippen molar-refractivity contribution in [2.75, 3.05) is 37.7 Å². The van der Waals surface area contributed by atoms with Crippen LogP contribution in [0.3, 0.4) is 0 Å². The Morgan fingerprint density at radius 2 is 1.93 bits per heavy atom. The number of hydrogen-bond acceptors (Lipinski definition) is 5. The lowest BCUT2D eigenvalue weighted by molar-refractivity contribution is 0.0244. The van der Waals surface area contributed by atoms with Crippen LogP contribution in [0.25, 0.3) is 0 Å². The Morgan fingerprint density at radius 3 is 2.55 bits per heavy atom. The van der Waals surface area contributed by atoms with E-state index in [0.717, 1.165) is 19.1 Å². The van der Waals surface area contributed by atoms with Crippen molar-refractivity contribution in [3.63, 3.8) is 0 Å². The average Bonchev–Trinajstić information content (AvgIpc) is 2.59. The fourth-order valence-corrected chi connectivity index (χ4v) is 3.91. The summed E-state index contributed by atoms with van der Waals surface area (Å²) >= 11 is 0. The molecule has 1 aliphatic heterocycles. The molecule has 0 radical (unpaired) electrons. The van der Waals surface area contributed by atoms with Gasteiger partial charge in [0.1, 0.15) is 5.60 Å². The van der Waals surface area contributed by atoms with E-state index in [1.807, 2.05) is 20.8 Å². The molecule has 0 spiro atoms. The molecule has 1 saturated heterocycles. The van der Waals surface area contributed by atoms with E-state index in [1.165, 1.54) is 0 Å². The fraction of sp³-hybridized carbons (Fsp3) is 0.600. The molecule has 162 valence electrons. The molecule has 0 saturated carbocycles. The average molecular weight is 426 g/mol. The normalized spacial score (nSPS) is 17.6. The van der Waals surface area contributed by atoms with E-state index < -0.39 is 15.6 Å². The molecule has 29 heavy (non-hydrogen) atoms. The third-order valence-corrected chi connectivity index (χ3v) is 5.09. The van der Waals surface area contributed by atoms with Gasteiger partial charge in [-0.25, -0.2) is 13.2 Å². The zero-order valence-electron chi connectivity index (χ0n) is 17.8. The molecular formula is C20H31N3O5S. The minimum Gasteiger partial charge on any atom is -0.444 e. The highest BCUT2D eigenvalue weighted by molar-refractivity contribution is 7.92. The first kappa shape index (κ1) is 23.0. The SMILES string of the molecule is CN(CC1CCCN(C(=O)c2ccccc2NS(C)(=O)=O)C1)C(=O)OC(C)(C)C. The largest absolute Gasteiger partial charge is 0.444 e. The third kappa shape index (κ3) is 7.23. The summed E-state index contributed by atoms with van der Waals surface area (Å²) in [6.07, 6.45) is 2.39. The van der Waals surface area contributed by atoms with Crippen molar-refractivity contribution in [1.82, 2.24) is 9.80 Å². The molecule has 0 aliphatic carbocycles. The lowest BCUT2D eigenvalue weighted by Gasteiger charge is -2.35. The van der Waals surface area contributed by atoms with Crippen LogP contribution in [-0.4, -0.2) is 68.8 Å². The van der Waals surface area contributed by atoms with E-state index in [2.05, 4.69) is 4.72 Å². The van der Waals surface area contributed by atoms with E-state index in [4.69, 9.17) is 4.74 Å². The molecule has 2 rings (SSSR count). The fourth-order valence-electron chi connectivity index (χ4n) is 3.33. The molecule has 1 unspecified atom stereocenters. The van der Waals surface area contributed by atoms with Gasteiger partial charge in [-0.05, 0) is 51.7 Å². The summed E-state index contributed by atoms with van der Waals surface area (Å²) in [6.45, 7) is 7.05. The highest BCUT2D eigenvalue weighted by Gasteiger charge is 2.29. The van der Waals surface area contributed by atoms with Crippen LogP contribution in [0.4, 0.5) is 10.5 Å². The van der Waals surface area contributed by atoms with E-state index in [0.29, 0.717) is 25.2 Å². The predicted octanol–water partition coefficient (Wildman–Crippen LogP) is 2.78. The number of anilines is 1. The Labute approximate surface area is 173 Å². The summed E-state index contributed by atoms with van der Waals surface area (Å²) in [5, 5.41) is 0. The zero-order chi connectivity index (χ0) is 21.8. The Bertz CT molecular complexity index is 848. The number of nitrogens with zero attached hydrogens (tertiary/aromatic N) is 2. The van der Waals surface area contributed by atoms with Crippen LogP contribution in [0.1, 0.15) is 44.0 Å². The molecule has 1 heterocycles. The van der Waals surface area contributed by atoms with Gasteiger partial charge < -0.3 is 14.5 Å². The van der Waals surface area contributed by atoms with Gasteiger partial charge >= 0.3 is 6.09 Å². The number of benzene rings is 1. The molecule has 8 nitrogen and oxygen atoms in total. The Morgan fingerprint density at radius 1 is 1.28 bits per heavy atom. The summed E-state index contributed by atoms with van der Waals surface area (Å²) < 4.78 is 31.0. The molecule has 1 aromatic rings. The molecule has 1 N–H and O–H groups in total. The van der Waals surface area contributed by atoms with Crippen molar-refractivity contribution in [1.29, 1.82) is 0 Å². The number of para-hydroxylation sites is 1. The molecule has 1 aliphatic rings. The van der Waals surface area contributed by atoms with Crippen LogP contribution in [0.2, 0.25) is 0 Å². The summed E-state index contributed by atoms with van der Waals surface area (Å²) in [5.74, 6) is -0.0957. The number of carbonyl (C=O) groups excluding carboxylic acids is 2. The van der Waals surface area contributed by atoms with E-state index in [1.54, 1.807) is 41.1 Å². The number of amides is 2. The van der Waals surface area contributed by atoms with Gasteiger partial charge in [-0.1, -0.05) is 12.1 Å². The first-order valence-electron chi connectivity index (χ1n) is 9.66. The van der Waals surface area contributed by atoms with E-state index >= 15 is 0 Å². The number of likely N-dealkylation sites (tertiary alicyclic amines) is 1. The first-order chi connectivity index (χ1) is 13.4. The topological polar surface area (TPSA) is 96.0 Å². The minimum atomic E-state index is -3.49. The number of ether oxygens (including phenoxy) is 1. The van der Waals surface area contributed by atoms with Crippen molar-refractivity contribution in [2.45, 2.75) is 39.2 Å². The second-order valence-corrected chi connectivity index (χ2v) is 10.3. The van der Waals surface area contributed by atoms with Gasteiger partial charge in [0, 0.05) is 26.7 Å². The third-order valence-electron chi connectivity index (χ3n) is 4.50. The van der Waals surface area contributed by atoms with Crippen LogP contribution < -0.4 is 4.72 Å². The number of rotatable bonds is 5. The van der Waals surface area contributed by atoms with Gasteiger partial charge in [0.2, 0.25) is 10.0 Å². The van der Waals surface area contributed by atoms with Gasteiger partial charge in [0.25, 0.3) is 5.91 Å². The summed E-state index contributed by atoms with van der Waals surface area (Å²) in [4.78, 5) is 28.5. The second kappa shape index (κ2) is 9.02. The predicted molar refractivity (Wildman–Crippen MR) is 112 cm³/mol. The first-order valence-corrected chi connectivity index (χ1v) is 11.5. The zero-order valence-corrected chi connectivity index (χ0v) is 18.6. The maximum absolute atomic E-state index is 13.0. The Kier molecular flexibility index (Phi) is 7.15. The molecule has 1 atom stereocenters. The molecular weight excluding hydrogens is 394 g/mol. The van der Waals surface area contributed by atoms with E-state index in [-0.39, 0.29) is 23.6 Å². The van der Waals surface area contributed by atoms with Crippen molar-refractivity contribution in [2.24, 2.45) is 5.92 Å². The number of nitrogens with one attached hydrogen (secondary N) is 1. The number of carbonyl (C=O) groups is 2. The highest BCUT2D eigenvalue weighted by atomic mass is 32.2. The number of piperidine rings is 1. The molecule has 2 amide bonds. The van der Waals surface area contributed by atoms with Crippen LogP contribution in [0, 0.1) is 5.92 Å². The Balaban J connectivity index is 2.06. The van der Waals surface area contributed by atoms with Gasteiger partial charge in [-0.2, -0.15) is 0 Å². The number of sulfonamides is 1. The van der Waals surface area contributed by atoms with Crippen LogP contribution in [0.15, 0.2) is 24.3 Å². The summed E-state index contributed by atoms with van der Waals surface area (Å²) in [7, 11) is -1.80. The van der Waals surface area contributed by atoms with Crippen molar-refractivity contribution in [3.05, 3.63) is 29.8 Å². The maximum atomic E-state index is 13.0. The van der Waals surface area contributed by atoms with Gasteiger partial charge in [0.15, 0.2) is 0 Å². The smallest absolute Gasteiger partial charge is 0.410 e. The maximum Gasteiger partial charge on any atom is 0.410 e. The van der Waals surface area contributed by atoms with E-state index in [9.17, 15) is 18.0 Å². The van der Waals surface area contributed by atoms with Crippen molar-refractivity contribution < 1.29 is 22.7 Å². The van der Waals surface area contributed by atoms with Crippen LogP contribution in [0.5, 0.6) is 0 Å². The number of hydrogen-bond donors (Lipinski definition) is 1. The highest BCUT2D eigenvalue weighted by Crippen LogP contribution is 2.23. The van der Waals surface area contributed by atoms with Gasteiger partial charge in [-0.3, -0.25) is 9.52 Å². The quantitative estimate of drug-likeness (QED) is 0.783. The van der Waals surface area contributed by atoms with Gasteiger partial charge in [0.05, 0.1) is 17.5 Å². The minimum absolute atomic E-state index is 0.125. The molecule has 1 aromatic carbocycles. The lowest BCUT2D eigenvalue weighted by Crippen LogP contribution is -2.45. The molecule has 0 aromatic heterocycles. The monoisotopic (exact) mass is 425 g/mol. The van der Waals surface area contributed by atoms with Crippen molar-refractivity contribution in [3.8, 4) is 0 Å². The van der Waals surface area contributed by atoms with Gasteiger partial charge in [-0.15, -0.1) is 0 Å². The van der Waals surface area contributed by atoms with Crippen LogP contribution >= 0.6 is 0 Å². The standard InChI is InChI=1S/C20H31N3O5S/c1-20(2,3)28-19(25)22(4)13-15-9-8-12-23(14-15)18(24)16-10-6-7-11-17(16)21-29(5,26)27/h6-7,10-11,15,21H,8-9,12-14H2,1-5H3. The summed E-state index contributed by atoms with van der Waals surface area (Å²) in [5.41, 5.74) is 0.0306. The molecule has 9 heteroatoms.